The van der Waals surface area contributed by atoms with Gasteiger partial charge in [0.2, 0.25) is 0 Å². The molecule has 0 heterocycles. The maximum atomic E-state index is 10.9. The van der Waals surface area contributed by atoms with Crippen LogP contribution < -0.4 is 29.7 Å². The molecule has 4 heteroatoms. The average molecular weight is 199 g/mol. The van der Waals surface area contributed by atoms with Crippen LogP contribution in [0.15, 0.2) is 42.4 Å². The fraction of sp³-hybridized carbons (Fsp3) is 0.273. The van der Waals surface area contributed by atoms with Gasteiger partial charge in [0.25, 0.3) is 0 Å². The van der Waals surface area contributed by atoms with Gasteiger partial charge in [-0.25, -0.2) is 0 Å². The van der Waals surface area contributed by atoms with Gasteiger partial charge in [-0.15, -0.1) is 0 Å². The van der Waals surface area contributed by atoms with Crippen molar-refractivity contribution in [1.29, 1.82) is 0 Å². The molecule has 15 heavy (non-hydrogen) atoms. The standard InChI is InChI=1S/C11H15NO2.Li/c1-14-11(13)8-10(12)7-9-5-3-2-4-6-9;/h2-6,8,10,13H,7,12H2,1H3;/q;+1/p-1/b11-8+;. The van der Waals surface area contributed by atoms with Crippen LogP contribution in [0, 0.1) is 0 Å². The molecule has 0 aliphatic heterocycles. The molecular formula is C11H14LiNO2. The Morgan fingerprint density at radius 2 is 2.07 bits per heavy atom. The van der Waals surface area contributed by atoms with Crippen molar-refractivity contribution in [3.8, 4) is 0 Å². The summed E-state index contributed by atoms with van der Waals surface area (Å²) in [5.74, 6) is -0.381. The van der Waals surface area contributed by atoms with Gasteiger partial charge in [-0.05, 0) is 25.2 Å². The van der Waals surface area contributed by atoms with Crippen LogP contribution in [0.4, 0.5) is 0 Å². The van der Waals surface area contributed by atoms with E-state index < -0.39 is 0 Å². The largest absolute Gasteiger partial charge is 1.00 e. The first-order chi connectivity index (χ1) is 6.72. The van der Waals surface area contributed by atoms with Crippen molar-refractivity contribution in [2.24, 2.45) is 5.73 Å². The molecule has 1 rings (SSSR count). The molecule has 0 radical (unpaired) electrons. The maximum absolute atomic E-state index is 10.9. The van der Waals surface area contributed by atoms with Gasteiger partial charge < -0.3 is 15.6 Å². The molecule has 1 unspecified atom stereocenters. The van der Waals surface area contributed by atoms with Gasteiger partial charge in [-0.2, -0.15) is 0 Å². The molecule has 0 fully saturated rings. The Bertz CT molecular complexity index is 301. The number of benzene rings is 1. The molecule has 0 saturated heterocycles. The van der Waals surface area contributed by atoms with Gasteiger partial charge in [0, 0.05) is 12.0 Å². The predicted octanol–water partition coefficient (Wildman–Crippen LogP) is -2.59. The minimum Gasteiger partial charge on any atom is -0.617 e. The van der Waals surface area contributed by atoms with Crippen molar-refractivity contribution in [2.45, 2.75) is 12.5 Å². The van der Waals surface area contributed by atoms with E-state index in [9.17, 15) is 5.11 Å². The summed E-state index contributed by atoms with van der Waals surface area (Å²) in [6, 6.07) is 9.50. The van der Waals surface area contributed by atoms with Crippen LogP contribution in [0.25, 0.3) is 0 Å². The quantitative estimate of drug-likeness (QED) is 0.427. The van der Waals surface area contributed by atoms with Crippen molar-refractivity contribution in [3.63, 3.8) is 0 Å². The molecule has 0 aromatic heterocycles. The molecule has 1 aromatic rings. The summed E-state index contributed by atoms with van der Waals surface area (Å²) in [5.41, 5.74) is 6.84. The van der Waals surface area contributed by atoms with Crippen LogP contribution in [0.5, 0.6) is 0 Å². The van der Waals surface area contributed by atoms with E-state index in [1.54, 1.807) is 0 Å². The van der Waals surface area contributed by atoms with E-state index in [-0.39, 0.29) is 30.8 Å². The molecule has 1 atom stereocenters. The van der Waals surface area contributed by atoms with E-state index in [4.69, 9.17) is 5.73 Å². The number of rotatable bonds is 4. The van der Waals surface area contributed by atoms with E-state index in [1.165, 1.54) is 13.2 Å². The molecule has 0 spiro atoms. The Hall–Kier alpha value is -0.883. The number of methoxy groups -OCH3 is 1. The Labute approximate surface area is 102 Å². The summed E-state index contributed by atoms with van der Waals surface area (Å²) in [6.45, 7) is 0. The normalized spacial score (nSPS) is 12.8. The first kappa shape index (κ1) is 14.1. The molecule has 0 amide bonds. The van der Waals surface area contributed by atoms with Crippen molar-refractivity contribution in [1.82, 2.24) is 0 Å². The Morgan fingerprint density at radius 1 is 1.47 bits per heavy atom. The minimum absolute atomic E-state index is 0. The number of ether oxygens (including phenoxy) is 1. The second kappa shape index (κ2) is 7.41. The zero-order valence-electron chi connectivity index (χ0n) is 9.14. The molecule has 0 saturated carbocycles. The van der Waals surface area contributed by atoms with Gasteiger partial charge in [0.15, 0.2) is 0 Å². The summed E-state index contributed by atoms with van der Waals surface area (Å²) in [4.78, 5) is 0. The van der Waals surface area contributed by atoms with Crippen molar-refractivity contribution >= 4 is 0 Å². The van der Waals surface area contributed by atoms with E-state index >= 15 is 0 Å². The summed E-state index contributed by atoms with van der Waals surface area (Å²) in [6.07, 6.45) is 2.03. The van der Waals surface area contributed by atoms with Gasteiger partial charge >= 0.3 is 18.9 Å². The van der Waals surface area contributed by atoms with Crippen LogP contribution >= 0.6 is 0 Å². The van der Waals surface area contributed by atoms with Gasteiger partial charge in [0.05, 0.1) is 0 Å². The van der Waals surface area contributed by atoms with Gasteiger partial charge in [-0.1, -0.05) is 30.3 Å². The Balaban J connectivity index is 0.00000196. The number of hydrogen-bond donors (Lipinski definition) is 1. The third-order valence-electron chi connectivity index (χ3n) is 1.87. The second-order valence-electron chi connectivity index (χ2n) is 3.04. The summed E-state index contributed by atoms with van der Waals surface area (Å²) in [7, 11) is 1.34. The molecule has 76 valence electrons. The molecule has 1 aromatic carbocycles. The molecule has 2 N–H and O–H groups in total. The van der Waals surface area contributed by atoms with Gasteiger partial charge in [0.1, 0.15) is 0 Å². The van der Waals surface area contributed by atoms with Crippen LogP contribution in [-0.4, -0.2) is 13.2 Å². The average Bonchev–Trinajstić information content (AvgIpc) is 2.19. The summed E-state index contributed by atoms with van der Waals surface area (Å²) in [5, 5.41) is 10.9. The van der Waals surface area contributed by atoms with E-state index in [0.29, 0.717) is 6.42 Å². The zero-order chi connectivity index (χ0) is 10.4. The summed E-state index contributed by atoms with van der Waals surface area (Å²) >= 11 is 0. The van der Waals surface area contributed by atoms with Crippen LogP contribution in [0.1, 0.15) is 5.56 Å². The van der Waals surface area contributed by atoms with Crippen molar-refractivity contribution < 1.29 is 28.7 Å². The maximum Gasteiger partial charge on any atom is 1.00 e. The third kappa shape index (κ3) is 5.53. The fourth-order valence-electron chi connectivity index (χ4n) is 1.19. The van der Waals surface area contributed by atoms with E-state index in [0.717, 1.165) is 5.56 Å². The minimum atomic E-state index is -0.381. The molecule has 0 aliphatic carbocycles. The fourth-order valence-corrected chi connectivity index (χ4v) is 1.19. The molecular weight excluding hydrogens is 185 g/mol. The van der Waals surface area contributed by atoms with Crippen molar-refractivity contribution in [2.75, 3.05) is 7.11 Å². The number of hydrogen-bond acceptors (Lipinski definition) is 3. The number of nitrogens with two attached hydrogens (primary N) is 1. The van der Waals surface area contributed by atoms with Crippen LogP contribution in [0.3, 0.4) is 0 Å². The first-order valence-electron chi connectivity index (χ1n) is 4.44. The predicted molar refractivity (Wildman–Crippen MR) is 53.2 cm³/mol. The smallest absolute Gasteiger partial charge is 0.617 e. The monoisotopic (exact) mass is 199 g/mol. The molecule has 0 bridgehead atoms. The third-order valence-corrected chi connectivity index (χ3v) is 1.87. The molecule has 0 aliphatic rings. The van der Waals surface area contributed by atoms with Gasteiger partial charge in [-0.3, -0.25) is 0 Å². The Kier molecular flexibility index (Phi) is 6.98. The Morgan fingerprint density at radius 3 is 2.60 bits per heavy atom. The van der Waals surface area contributed by atoms with Crippen molar-refractivity contribution in [3.05, 3.63) is 47.9 Å². The zero-order valence-corrected chi connectivity index (χ0v) is 9.14. The summed E-state index contributed by atoms with van der Waals surface area (Å²) < 4.78 is 4.48. The first-order valence-corrected chi connectivity index (χ1v) is 4.44. The van der Waals surface area contributed by atoms with E-state index in [2.05, 4.69) is 4.74 Å². The van der Waals surface area contributed by atoms with E-state index in [1.807, 2.05) is 30.3 Å². The molecule has 3 nitrogen and oxygen atoms in total. The van der Waals surface area contributed by atoms with Crippen LogP contribution in [0.2, 0.25) is 0 Å². The second-order valence-corrected chi connectivity index (χ2v) is 3.04. The van der Waals surface area contributed by atoms with Crippen LogP contribution in [-0.2, 0) is 11.2 Å². The topological polar surface area (TPSA) is 58.3 Å². The SMILES string of the molecule is CO/C([O-])=C/C(N)Cc1ccccc1.[Li+].